The summed E-state index contributed by atoms with van der Waals surface area (Å²) in [5.74, 6) is 2.11. The van der Waals surface area contributed by atoms with Crippen LogP contribution in [0.15, 0.2) is 35.2 Å². The number of benzene rings is 1. The average molecular weight is 263 g/mol. The van der Waals surface area contributed by atoms with E-state index in [1.807, 2.05) is 11.8 Å². The molecular weight excluding hydrogens is 238 g/mol. The van der Waals surface area contributed by atoms with Crippen LogP contribution in [0.25, 0.3) is 0 Å². The van der Waals surface area contributed by atoms with Crippen LogP contribution in [0.1, 0.15) is 39.0 Å². The second kappa shape index (κ2) is 7.85. The lowest BCUT2D eigenvalue weighted by atomic mass is 9.84. The van der Waals surface area contributed by atoms with E-state index in [1.165, 1.54) is 42.8 Å². The molecular formula is C16H25NS. The molecule has 0 radical (unpaired) electrons. The van der Waals surface area contributed by atoms with Crippen LogP contribution in [0, 0.1) is 5.92 Å². The van der Waals surface area contributed by atoms with Gasteiger partial charge >= 0.3 is 0 Å². The summed E-state index contributed by atoms with van der Waals surface area (Å²) in [4.78, 5) is 1.40. The predicted octanol–water partition coefficient (Wildman–Crippen LogP) is 4.34. The lowest BCUT2D eigenvalue weighted by Crippen LogP contribution is -2.39. The molecule has 0 saturated heterocycles. The standard InChI is InChI=1S/C16H25NS/c1-2-17-16(14-9-5-3-6-10-14)13-18-15-11-7-4-8-12-15/h4,7-8,11-12,14,16-17H,2-3,5-6,9-10,13H2,1H3. The molecule has 1 atom stereocenters. The molecule has 2 rings (SSSR count). The first-order valence-electron chi connectivity index (χ1n) is 7.31. The van der Waals surface area contributed by atoms with Gasteiger partial charge in [0.15, 0.2) is 0 Å². The highest BCUT2D eigenvalue weighted by Gasteiger charge is 2.22. The number of hydrogen-bond acceptors (Lipinski definition) is 2. The van der Waals surface area contributed by atoms with E-state index in [0.717, 1.165) is 12.5 Å². The third-order valence-electron chi connectivity index (χ3n) is 3.86. The minimum absolute atomic E-state index is 0.695. The first-order valence-corrected chi connectivity index (χ1v) is 8.30. The van der Waals surface area contributed by atoms with Gasteiger partial charge in [0.2, 0.25) is 0 Å². The fraction of sp³-hybridized carbons (Fsp3) is 0.625. The van der Waals surface area contributed by atoms with Crippen molar-refractivity contribution in [2.24, 2.45) is 5.92 Å². The number of hydrogen-bond donors (Lipinski definition) is 1. The van der Waals surface area contributed by atoms with E-state index in [2.05, 4.69) is 42.6 Å². The molecule has 1 aromatic carbocycles. The van der Waals surface area contributed by atoms with Crippen LogP contribution >= 0.6 is 11.8 Å². The maximum Gasteiger partial charge on any atom is 0.0189 e. The number of thioether (sulfide) groups is 1. The highest BCUT2D eigenvalue weighted by atomic mass is 32.2. The molecule has 0 heterocycles. The molecule has 1 N–H and O–H groups in total. The lowest BCUT2D eigenvalue weighted by Gasteiger charge is -2.30. The van der Waals surface area contributed by atoms with Gasteiger partial charge < -0.3 is 5.32 Å². The van der Waals surface area contributed by atoms with Crippen LogP contribution in [0.2, 0.25) is 0 Å². The third kappa shape index (κ3) is 4.33. The van der Waals surface area contributed by atoms with Gasteiger partial charge in [0.25, 0.3) is 0 Å². The normalized spacial score (nSPS) is 18.7. The molecule has 1 nitrogen and oxygen atoms in total. The Bertz CT molecular complexity index is 319. The SMILES string of the molecule is CCNC(CSc1ccccc1)C1CCCCC1. The van der Waals surface area contributed by atoms with E-state index in [-0.39, 0.29) is 0 Å². The van der Waals surface area contributed by atoms with Crippen LogP contribution in [0.3, 0.4) is 0 Å². The maximum absolute atomic E-state index is 3.70. The van der Waals surface area contributed by atoms with Crippen molar-refractivity contribution in [2.75, 3.05) is 12.3 Å². The van der Waals surface area contributed by atoms with Crippen molar-refractivity contribution in [3.63, 3.8) is 0 Å². The molecule has 1 saturated carbocycles. The largest absolute Gasteiger partial charge is 0.313 e. The molecule has 0 aromatic heterocycles. The Morgan fingerprint density at radius 3 is 2.56 bits per heavy atom. The molecule has 1 aliphatic carbocycles. The first-order chi connectivity index (χ1) is 8.90. The molecule has 0 bridgehead atoms. The minimum atomic E-state index is 0.695. The zero-order valence-electron chi connectivity index (χ0n) is 11.4. The average Bonchev–Trinajstić information content (AvgIpc) is 2.45. The Hall–Kier alpha value is -0.470. The van der Waals surface area contributed by atoms with Crippen LogP contribution in [0.4, 0.5) is 0 Å². The quantitative estimate of drug-likeness (QED) is 0.766. The zero-order chi connectivity index (χ0) is 12.6. The van der Waals surface area contributed by atoms with Crippen molar-refractivity contribution in [3.8, 4) is 0 Å². The van der Waals surface area contributed by atoms with Gasteiger partial charge in [-0.25, -0.2) is 0 Å². The van der Waals surface area contributed by atoms with Gasteiger partial charge in [-0.3, -0.25) is 0 Å². The molecule has 0 spiro atoms. The highest BCUT2D eigenvalue weighted by Crippen LogP contribution is 2.29. The van der Waals surface area contributed by atoms with Gasteiger partial charge in [0.05, 0.1) is 0 Å². The summed E-state index contributed by atoms with van der Waals surface area (Å²) in [6, 6.07) is 11.5. The Morgan fingerprint density at radius 2 is 1.89 bits per heavy atom. The monoisotopic (exact) mass is 263 g/mol. The van der Waals surface area contributed by atoms with Gasteiger partial charge in [0.1, 0.15) is 0 Å². The van der Waals surface area contributed by atoms with Gasteiger partial charge in [0, 0.05) is 16.7 Å². The molecule has 0 amide bonds. The first kappa shape index (κ1) is 14.0. The van der Waals surface area contributed by atoms with E-state index in [0.29, 0.717) is 6.04 Å². The lowest BCUT2D eigenvalue weighted by molar-refractivity contribution is 0.288. The third-order valence-corrected chi connectivity index (χ3v) is 4.99. The summed E-state index contributed by atoms with van der Waals surface area (Å²) in [5, 5.41) is 3.70. The molecule has 100 valence electrons. The van der Waals surface area contributed by atoms with Gasteiger partial charge in [-0.05, 0) is 37.4 Å². The molecule has 1 fully saturated rings. The van der Waals surface area contributed by atoms with Gasteiger partial charge in [-0.1, -0.05) is 44.4 Å². The van der Waals surface area contributed by atoms with Crippen LogP contribution in [-0.2, 0) is 0 Å². The van der Waals surface area contributed by atoms with E-state index in [4.69, 9.17) is 0 Å². The van der Waals surface area contributed by atoms with Crippen LogP contribution < -0.4 is 5.32 Å². The second-order valence-electron chi connectivity index (χ2n) is 5.19. The summed E-state index contributed by atoms with van der Waals surface area (Å²) < 4.78 is 0. The van der Waals surface area contributed by atoms with Crippen molar-refractivity contribution in [3.05, 3.63) is 30.3 Å². The zero-order valence-corrected chi connectivity index (χ0v) is 12.2. The second-order valence-corrected chi connectivity index (χ2v) is 6.28. The van der Waals surface area contributed by atoms with Crippen molar-refractivity contribution >= 4 is 11.8 Å². The minimum Gasteiger partial charge on any atom is -0.313 e. The van der Waals surface area contributed by atoms with Gasteiger partial charge in [-0.15, -0.1) is 11.8 Å². The number of nitrogens with one attached hydrogen (secondary N) is 1. The fourth-order valence-electron chi connectivity index (χ4n) is 2.86. The summed E-state index contributed by atoms with van der Waals surface area (Å²) in [5.41, 5.74) is 0. The topological polar surface area (TPSA) is 12.0 Å². The van der Waals surface area contributed by atoms with E-state index >= 15 is 0 Å². The molecule has 1 aliphatic rings. The Kier molecular flexibility index (Phi) is 6.09. The maximum atomic E-state index is 3.70. The van der Waals surface area contributed by atoms with E-state index < -0.39 is 0 Å². The number of rotatable bonds is 6. The van der Waals surface area contributed by atoms with Crippen LogP contribution in [0.5, 0.6) is 0 Å². The summed E-state index contributed by atoms with van der Waals surface area (Å²) in [6.45, 7) is 3.32. The Morgan fingerprint density at radius 1 is 1.17 bits per heavy atom. The van der Waals surface area contributed by atoms with Crippen molar-refractivity contribution in [2.45, 2.75) is 50.0 Å². The highest BCUT2D eigenvalue weighted by molar-refractivity contribution is 7.99. The summed E-state index contributed by atoms with van der Waals surface area (Å²) in [7, 11) is 0. The van der Waals surface area contributed by atoms with Crippen molar-refractivity contribution in [1.82, 2.24) is 5.32 Å². The van der Waals surface area contributed by atoms with Crippen molar-refractivity contribution in [1.29, 1.82) is 0 Å². The Labute approximate surface area is 116 Å². The summed E-state index contributed by atoms with van der Waals surface area (Å²) >= 11 is 2.00. The molecule has 18 heavy (non-hydrogen) atoms. The predicted molar refractivity (Wildman–Crippen MR) is 81.2 cm³/mol. The molecule has 2 heteroatoms. The fourth-order valence-corrected chi connectivity index (χ4v) is 3.97. The van der Waals surface area contributed by atoms with Gasteiger partial charge in [-0.2, -0.15) is 0 Å². The summed E-state index contributed by atoms with van der Waals surface area (Å²) in [6.07, 6.45) is 7.16. The van der Waals surface area contributed by atoms with E-state index in [9.17, 15) is 0 Å². The molecule has 1 unspecified atom stereocenters. The Balaban J connectivity index is 1.85. The molecule has 0 aliphatic heterocycles. The molecule has 1 aromatic rings. The smallest absolute Gasteiger partial charge is 0.0189 e. The van der Waals surface area contributed by atoms with Crippen molar-refractivity contribution < 1.29 is 0 Å². The van der Waals surface area contributed by atoms with Crippen LogP contribution in [-0.4, -0.2) is 18.3 Å². The van der Waals surface area contributed by atoms with E-state index in [1.54, 1.807) is 0 Å².